The van der Waals surface area contributed by atoms with E-state index in [2.05, 4.69) is 10.6 Å². The minimum atomic E-state index is -0.628. The third kappa shape index (κ3) is 3.43. The van der Waals surface area contributed by atoms with Crippen molar-refractivity contribution in [2.45, 2.75) is 12.6 Å². The fourth-order valence-corrected chi connectivity index (χ4v) is 3.55. The Morgan fingerprint density at radius 1 is 1.00 bits per heavy atom. The quantitative estimate of drug-likeness (QED) is 0.567. The fourth-order valence-electron chi connectivity index (χ4n) is 2.83. The second kappa shape index (κ2) is 7.09. The predicted octanol–water partition coefficient (Wildman–Crippen LogP) is 4.20. The Morgan fingerprint density at radius 3 is 2.60 bits per heavy atom. The summed E-state index contributed by atoms with van der Waals surface area (Å²) in [6, 6.07) is 21.6. The maximum absolute atomic E-state index is 10.5. The van der Waals surface area contributed by atoms with Crippen molar-refractivity contribution in [2.24, 2.45) is 0 Å². The molecule has 0 saturated carbocycles. The molecule has 2 aromatic heterocycles. The highest BCUT2D eigenvalue weighted by Crippen LogP contribution is 2.28. The van der Waals surface area contributed by atoms with Gasteiger partial charge in [0.1, 0.15) is 18.5 Å². The smallest absolute Gasteiger partial charge is 0.151 e. The molecule has 0 bridgehead atoms. The minimum absolute atomic E-state index is 0.237. The Bertz CT molecular complexity index is 948. The number of hydrogen-bond acceptors (Lipinski definition) is 4. The number of para-hydroxylation sites is 3. The number of benzene rings is 2. The number of hydrogen-bond donors (Lipinski definition) is 1. The van der Waals surface area contributed by atoms with Crippen molar-refractivity contribution < 1.29 is 9.84 Å². The number of rotatable bonds is 6. The highest BCUT2D eigenvalue weighted by atomic mass is 32.1. The van der Waals surface area contributed by atoms with Gasteiger partial charge in [-0.1, -0.05) is 36.4 Å². The van der Waals surface area contributed by atoms with Crippen LogP contribution in [0.25, 0.3) is 21.7 Å². The molecule has 5 heteroatoms. The summed E-state index contributed by atoms with van der Waals surface area (Å²) in [4.78, 5) is 5.84. The maximum atomic E-state index is 10.5. The van der Waals surface area contributed by atoms with E-state index in [1.807, 2.05) is 66.0 Å². The molecule has 4 aromatic rings. The third-order valence-corrected chi connectivity index (χ3v) is 4.84. The summed E-state index contributed by atoms with van der Waals surface area (Å²) in [5, 5.41) is 12.5. The van der Waals surface area contributed by atoms with Gasteiger partial charge in [0.15, 0.2) is 5.82 Å². The lowest BCUT2D eigenvalue weighted by Crippen LogP contribution is -2.24. The standard InChI is InChI=1S/C20H18N2O2S/c23-15(14-24-16-7-2-1-3-8-16)13-22-18-10-5-4-9-17(18)21-20(22)19-11-6-12-25-19/h1-12,15,23H,13-14H2. The van der Waals surface area contributed by atoms with Gasteiger partial charge in [-0.15, -0.1) is 11.3 Å². The summed E-state index contributed by atoms with van der Waals surface area (Å²) in [7, 11) is 0. The second-order valence-corrected chi connectivity index (χ2v) is 6.74. The van der Waals surface area contributed by atoms with Gasteiger partial charge in [-0.25, -0.2) is 4.98 Å². The second-order valence-electron chi connectivity index (χ2n) is 5.79. The van der Waals surface area contributed by atoms with Gasteiger partial charge in [0.25, 0.3) is 0 Å². The number of imidazole rings is 1. The van der Waals surface area contributed by atoms with Crippen molar-refractivity contribution in [2.75, 3.05) is 6.61 Å². The molecule has 0 fully saturated rings. The van der Waals surface area contributed by atoms with Crippen LogP contribution in [0, 0.1) is 0 Å². The van der Waals surface area contributed by atoms with E-state index in [0.29, 0.717) is 6.54 Å². The molecule has 4 nitrogen and oxygen atoms in total. The van der Waals surface area contributed by atoms with Gasteiger partial charge in [0.05, 0.1) is 22.5 Å². The predicted molar refractivity (Wildman–Crippen MR) is 101 cm³/mol. The molecule has 126 valence electrons. The van der Waals surface area contributed by atoms with E-state index in [9.17, 15) is 5.11 Å². The van der Waals surface area contributed by atoms with E-state index in [1.165, 1.54) is 0 Å². The van der Waals surface area contributed by atoms with Crippen LogP contribution in [0.1, 0.15) is 0 Å². The normalized spacial score (nSPS) is 12.4. The molecule has 0 aliphatic carbocycles. The molecule has 2 aromatic carbocycles. The number of thiophene rings is 1. The molecule has 0 aliphatic heterocycles. The molecule has 0 amide bonds. The zero-order valence-electron chi connectivity index (χ0n) is 13.6. The highest BCUT2D eigenvalue weighted by Gasteiger charge is 2.16. The van der Waals surface area contributed by atoms with Gasteiger partial charge in [-0.3, -0.25) is 0 Å². The van der Waals surface area contributed by atoms with E-state index in [0.717, 1.165) is 27.5 Å². The van der Waals surface area contributed by atoms with Crippen LogP contribution >= 0.6 is 11.3 Å². The Hall–Kier alpha value is -2.63. The van der Waals surface area contributed by atoms with E-state index in [4.69, 9.17) is 9.72 Å². The molecule has 0 aliphatic rings. The minimum Gasteiger partial charge on any atom is -0.491 e. The number of aromatic nitrogens is 2. The van der Waals surface area contributed by atoms with Crippen molar-refractivity contribution in [1.29, 1.82) is 0 Å². The average Bonchev–Trinajstić information content (AvgIpc) is 3.29. The monoisotopic (exact) mass is 350 g/mol. The molecule has 0 radical (unpaired) electrons. The first-order valence-corrected chi connectivity index (χ1v) is 9.04. The van der Waals surface area contributed by atoms with Crippen LogP contribution in [-0.4, -0.2) is 27.4 Å². The summed E-state index contributed by atoms with van der Waals surface area (Å²) in [6.07, 6.45) is -0.628. The summed E-state index contributed by atoms with van der Waals surface area (Å²) in [5.41, 5.74) is 1.95. The number of nitrogens with zero attached hydrogens (tertiary/aromatic N) is 2. The number of ether oxygens (including phenoxy) is 1. The highest BCUT2D eigenvalue weighted by molar-refractivity contribution is 7.13. The zero-order valence-corrected chi connectivity index (χ0v) is 14.4. The molecule has 0 saturated heterocycles. The van der Waals surface area contributed by atoms with Crippen molar-refractivity contribution in [1.82, 2.24) is 9.55 Å². The Kier molecular flexibility index (Phi) is 4.50. The Morgan fingerprint density at radius 2 is 1.80 bits per heavy atom. The van der Waals surface area contributed by atoms with Gasteiger partial charge < -0.3 is 14.4 Å². The van der Waals surface area contributed by atoms with Crippen LogP contribution in [0.4, 0.5) is 0 Å². The molecule has 4 rings (SSSR count). The van der Waals surface area contributed by atoms with Crippen LogP contribution in [0.3, 0.4) is 0 Å². The number of fused-ring (bicyclic) bond motifs is 1. The van der Waals surface area contributed by atoms with Gasteiger partial charge in [0, 0.05) is 0 Å². The lowest BCUT2D eigenvalue weighted by Gasteiger charge is -2.15. The largest absolute Gasteiger partial charge is 0.491 e. The average molecular weight is 350 g/mol. The molecule has 0 spiro atoms. The molecule has 1 unspecified atom stereocenters. The number of aliphatic hydroxyl groups is 1. The Balaban J connectivity index is 1.58. The summed E-state index contributed by atoms with van der Waals surface area (Å²) in [5.74, 6) is 1.64. The molecule has 25 heavy (non-hydrogen) atoms. The lowest BCUT2D eigenvalue weighted by atomic mass is 10.3. The van der Waals surface area contributed by atoms with Gasteiger partial charge in [-0.2, -0.15) is 0 Å². The van der Waals surface area contributed by atoms with E-state index in [-0.39, 0.29) is 6.61 Å². The van der Waals surface area contributed by atoms with Crippen molar-refractivity contribution in [3.8, 4) is 16.5 Å². The van der Waals surface area contributed by atoms with Crippen molar-refractivity contribution in [3.05, 3.63) is 72.1 Å². The topological polar surface area (TPSA) is 47.3 Å². The van der Waals surface area contributed by atoms with E-state index >= 15 is 0 Å². The van der Waals surface area contributed by atoms with Crippen LogP contribution in [0.15, 0.2) is 72.1 Å². The van der Waals surface area contributed by atoms with E-state index < -0.39 is 6.10 Å². The first-order valence-electron chi connectivity index (χ1n) is 8.16. The van der Waals surface area contributed by atoms with Gasteiger partial charge >= 0.3 is 0 Å². The fraction of sp³-hybridized carbons (Fsp3) is 0.150. The van der Waals surface area contributed by atoms with Crippen LogP contribution in [-0.2, 0) is 6.54 Å². The SMILES string of the molecule is OC(COc1ccccc1)Cn1c(-c2cccs2)nc2ccccc21. The zero-order chi connectivity index (χ0) is 17.1. The third-order valence-electron chi connectivity index (χ3n) is 3.98. The van der Waals surface area contributed by atoms with Gasteiger partial charge in [0.2, 0.25) is 0 Å². The lowest BCUT2D eigenvalue weighted by molar-refractivity contribution is 0.0938. The van der Waals surface area contributed by atoms with Crippen LogP contribution in [0.5, 0.6) is 5.75 Å². The van der Waals surface area contributed by atoms with Gasteiger partial charge in [-0.05, 0) is 35.7 Å². The molecular formula is C20H18N2O2S. The molecule has 1 atom stereocenters. The molecule has 1 N–H and O–H groups in total. The number of aliphatic hydroxyl groups excluding tert-OH is 1. The van der Waals surface area contributed by atoms with Crippen molar-refractivity contribution >= 4 is 22.4 Å². The summed E-state index contributed by atoms with van der Waals surface area (Å²) >= 11 is 1.65. The van der Waals surface area contributed by atoms with E-state index in [1.54, 1.807) is 11.3 Å². The first-order chi connectivity index (χ1) is 12.3. The molecular weight excluding hydrogens is 332 g/mol. The van der Waals surface area contributed by atoms with Crippen LogP contribution in [0.2, 0.25) is 0 Å². The maximum Gasteiger partial charge on any atom is 0.151 e. The summed E-state index contributed by atoms with van der Waals surface area (Å²) < 4.78 is 7.75. The molecule has 2 heterocycles. The van der Waals surface area contributed by atoms with Crippen molar-refractivity contribution in [3.63, 3.8) is 0 Å². The first kappa shape index (κ1) is 15.9. The van der Waals surface area contributed by atoms with Crippen LogP contribution < -0.4 is 4.74 Å². The Labute approximate surface area is 150 Å². The summed E-state index contributed by atoms with van der Waals surface area (Å²) in [6.45, 7) is 0.668.